The predicted molar refractivity (Wildman–Crippen MR) is 142 cm³/mol. The number of nitrogens with zero attached hydrogens (tertiary/aromatic N) is 1. The van der Waals surface area contributed by atoms with Gasteiger partial charge in [-0.3, -0.25) is 4.79 Å². The molecule has 1 unspecified atom stereocenters. The van der Waals surface area contributed by atoms with Gasteiger partial charge in [0.2, 0.25) is 0 Å². The molecule has 6 nitrogen and oxygen atoms in total. The standard InChI is InChI=1S/C20H25F2N3O.C8H14O2/c1-5-14(6-2)18(23)17-13(3)11-12-24-19(17)25-15-7-9-16(10-8-15)26-20(4,21)22;1-3-7(2)8(10)5-4-6-9/h7-12,14,23H,5-6H2,1-4H3,(H,24,25);4-5,7,9H,3,6H2,1-2H3/b;5-4+. The molecule has 2 aromatic rings. The summed E-state index contributed by atoms with van der Waals surface area (Å²) in [6, 6.07) is 8.13. The number of nitrogens with one attached hydrogen (secondary N) is 2. The molecule has 1 heterocycles. The van der Waals surface area contributed by atoms with Crippen molar-refractivity contribution < 1.29 is 23.4 Å². The summed E-state index contributed by atoms with van der Waals surface area (Å²) in [5.41, 5.74) is 3.02. The molecule has 0 amide bonds. The zero-order valence-corrected chi connectivity index (χ0v) is 22.1. The van der Waals surface area contributed by atoms with Crippen LogP contribution in [0.5, 0.6) is 5.75 Å². The lowest BCUT2D eigenvalue weighted by Crippen LogP contribution is -2.19. The van der Waals surface area contributed by atoms with Crippen molar-refractivity contribution in [2.45, 2.75) is 66.9 Å². The Morgan fingerprint density at radius 1 is 1.17 bits per heavy atom. The molecule has 2 rings (SSSR count). The second kappa shape index (κ2) is 15.1. The van der Waals surface area contributed by atoms with E-state index in [0.29, 0.717) is 24.1 Å². The van der Waals surface area contributed by atoms with E-state index < -0.39 is 6.11 Å². The van der Waals surface area contributed by atoms with E-state index in [0.717, 1.165) is 30.4 Å². The van der Waals surface area contributed by atoms with Gasteiger partial charge >= 0.3 is 6.11 Å². The number of pyridine rings is 1. The molecule has 0 saturated heterocycles. The van der Waals surface area contributed by atoms with Crippen molar-refractivity contribution in [3.05, 3.63) is 59.8 Å². The molecule has 0 bridgehead atoms. The summed E-state index contributed by atoms with van der Waals surface area (Å²) in [4.78, 5) is 15.3. The van der Waals surface area contributed by atoms with Gasteiger partial charge in [-0.25, -0.2) is 4.98 Å². The lowest BCUT2D eigenvalue weighted by Gasteiger charge is -2.19. The number of carbonyl (C=O) groups excluding carboxylic acids is 1. The monoisotopic (exact) mass is 503 g/mol. The van der Waals surface area contributed by atoms with Gasteiger partial charge in [0.05, 0.1) is 6.61 Å². The minimum absolute atomic E-state index is 0.0534. The number of aliphatic hydroxyl groups is 1. The van der Waals surface area contributed by atoms with Gasteiger partial charge in [0, 0.05) is 41.9 Å². The highest BCUT2D eigenvalue weighted by atomic mass is 19.3. The van der Waals surface area contributed by atoms with E-state index in [4.69, 9.17) is 10.5 Å². The molecule has 0 spiro atoms. The Morgan fingerprint density at radius 2 is 1.78 bits per heavy atom. The van der Waals surface area contributed by atoms with Crippen LogP contribution in [0.3, 0.4) is 0 Å². The number of benzene rings is 1. The van der Waals surface area contributed by atoms with Crippen molar-refractivity contribution in [2.24, 2.45) is 11.8 Å². The third-order valence-corrected chi connectivity index (χ3v) is 5.72. The molecule has 0 aliphatic rings. The van der Waals surface area contributed by atoms with E-state index in [1.54, 1.807) is 18.3 Å². The quantitative estimate of drug-likeness (QED) is 0.212. The number of halogens is 2. The van der Waals surface area contributed by atoms with E-state index in [1.807, 2.05) is 26.8 Å². The maximum Gasteiger partial charge on any atom is 0.394 e. The lowest BCUT2D eigenvalue weighted by molar-refractivity contribution is -0.158. The van der Waals surface area contributed by atoms with Gasteiger partial charge in [0.25, 0.3) is 0 Å². The average molecular weight is 504 g/mol. The van der Waals surface area contributed by atoms with Crippen molar-refractivity contribution in [2.75, 3.05) is 11.9 Å². The smallest absolute Gasteiger partial charge is 0.394 e. The van der Waals surface area contributed by atoms with E-state index in [-0.39, 0.29) is 30.0 Å². The number of hydrogen-bond acceptors (Lipinski definition) is 6. The van der Waals surface area contributed by atoms with Crippen LogP contribution in [-0.2, 0) is 4.79 Å². The molecule has 8 heteroatoms. The number of ether oxygens (including phenoxy) is 1. The van der Waals surface area contributed by atoms with Gasteiger partial charge in [-0.1, -0.05) is 33.8 Å². The third kappa shape index (κ3) is 10.2. The largest absolute Gasteiger partial charge is 0.433 e. The number of anilines is 2. The van der Waals surface area contributed by atoms with E-state index in [1.165, 1.54) is 24.3 Å². The molecule has 0 saturated carbocycles. The van der Waals surface area contributed by atoms with Gasteiger partial charge in [-0.2, -0.15) is 8.78 Å². The number of ketones is 1. The molecule has 0 aliphatic carbocycles. The van der Waals surface area contributed by atoms with Crippen molar-refractivity contribution >= 4 is 23.0 Å². The molecular weight excluding hydrogens is 464 g/mol. The van der Waals surface area contributed by atoms with Crippen LogP contribution in [0.1, 0.15) is 65.0 Å². The maximum absolute atomic E-state index is 12.9. The van der Waals surface area contributed by atoms with Crippen LogP contribution in [0.4, 0.5) is 20.3 Å². The van der Waals surface area contributed by atoms with E-state index >= 15 is 0 Å². The first-order chi connectivity index (χ1) is 17.0. The van der Waals surface area contributed by atoms with Crippen LogP contribution in [0.2, 0.25) is 0 Å². The molecule has 1 aromatic carbocycles. The Kier molecular flexibility index (Phi) is 12.9. The highest BCUT2D eigenvalue weighted by molar-refractivity contribution is 6.05. The zero-order chi connectivity index (χ0) is 27.3. The number of rotatable bonds is 12. The van der Waals surface area contributed by atoms with E-state index in [2.05, 4.69) is 28.9 Å². The van der Waals surface area contributed by atoms with Crippen molar-refractivity contribution in [3.8, 4) is 5.75 Å². The fourth-order valence-corrected chi connectivity index (χ4v) is 3.38. The molecule has 36 heavy (non-hydrogen) atoms. The summed E-state index contributed by atoms with van der Waals surface area (Å²) in [6.07, 6.45) is 4.01. The van der Waals surface area contributed by atoms with Gasteiger partial charge in [0.1, 0.15) is 11.6 Å². The second-order valence-corrected chi connectivity index (χ2v) is 8.63. The number of aliphatic hydroxyl groups excluding tert-OH is 1. The fourth-order valence-electron chi connectivity index (χ4n) is 3.38. The van der Waals surface area contributed by atoms with Crippen LogP contribution in [0.15, 0.2) is 48.7 Å². The van der Waals surface area contributed by atoms with Crippen molar-refractivity contribution in [1.29, 1.82) is 5.41 Å². The first kappa shape index (κ1) is 30.9. The molecule has 0 radical (unpaired) electrons. The molecule has 198 valence electrons. The zero-order valence-electron chi connectivity index (χ0n) is 22.1. The second-order valence-electron chi connectivity index (χ2n) is 8.63. The van der Waals surface area contributed by atoms with Crippen molar-refractivity contribution in [1.82, 2.24) is 4.98 Å². The topological polar surface area (TPSA) is 95.3 Å². The predicted octanol–water partition coefficient (Wildman–Crippen LogP) is 7.08. The Hall–Kier alpha value is -3.13. The first-order valence-corrected chi connectivity index (χ1v) is 12.3. The molecule has 1 atom stereocenters. The SMILES string of the molecule is CCC(C)C(=O)/C=C/CO.CCC(CC)C(=N)c1c(C)ccnc1Nc1ccc(OC(C)(F)F)cc1. The van der Waals surface area contributed by atoms with Crippen LogP contribution >= 0.6 is 0 Å². The normalized spacial score (nSPS) is 12.2. The summed E-state index contributed by atoms with van der Waals surface area (Å²) in [5.74, 6) is 1.03. The highest BCUT2D eigenvalue weighted by Gasteiger charge is 2.23. The summed E-state index contributed by atoms with van der Waals surface area (Å²) < 4.78 is 30.4. The summed E-state index contributed by atoms with van der Waals surface area (Å²) >= 11 is 0. The number of aryl methyl sites for hydroxylation is 1. The van der Waals surface area contributed by atoms with Gasteiger partial charge in [0.15, 0.2) is 5.78 Å². The van der Waals surface area contributed by atoms with E-state index in [9.17, 15) is 13.6 Å². The Balaban J connectivity index is 0.000000548. The minimum atomic E-state index is -3.22. The van der Waals surface area contributed by atoms with Crippen LogP contribution in [0, 0.1) is 24.2 Å². The Bertz CT molecular complexity index is 998. The van der Waals surface area contributed by atoms with Crippen molar-refractivity contribution in [3.63, 3.8) is 0 Å². The number of carbonyl (C=O) groups is 1. The Morgan fingerprint density at radius 3 is 2.28 bits per heavy atom. The summed E-state index contributed by atoms with van der Waals surface area (Å²) in [5, 5.41) is 20.1. The maximum atomic E-state index is 12.9. The lowest BCUT2D eigenvalue weighted by atomic mass is 9.90. The van der Waals surface area contributed by atoms with Crippen LogP contribution in [0.25, 0.3) is 0 Å². The van der Waals surface area contributed by atoms with Gasteiger partial charge in [-0.15, -0.1) is 0 Å². The number of aromatic nitrogens is 1. The number of allylic oxidation sites excluding steroid dienone is 1. The minimum Gasteiger partial charge on any atom is -0.433 e. The van der Waals surface area contributed by atoms with Crippen LogP contribution < -0.4 is 10.1 Å². The molecule has 0 aliphatic heterocycles. The number of hydrogen-bond donors (Lipinski definition) is 3. The summed E-state index contributed by atoms with van der Waals surface area (Å²) in [7, 11) is 0. The molecule has 3 N–H and O–H groups in total. The molecule has 1 aromatic heterocycles. The van der Waals surface area contributed by atoms with Gasteiger partial charge in [-0.05, 0) is 68.2 Å². The third-order valence-electron chi connectivity index (χ3n) is 5.72. The fraction of sp³-hybridized carbons (Fsp3) is 0.464. The first-order valence-electron chi connectivity index (χ1n) is 12.3. The summed E-state index contributed by atoms with van der Waals surface area (Å²) in [6.45, 7) is 10.6. The van der Waals surface area contributed by atoms with Crippen LogP contribution in [-0.4, -0.2) is 34.3 Å². The highest BCUT2D eigenvalue weighted by Crippen LogP contribution is 2.28. The molecular formula is C28H39F2N3O3. The Labute approximate surface area is 213 Å². The van der Waals surface area contributed by atoms with Gasteiger partial charge < -0.3 is 20.6 Å². The molecule has 0 fully saturated rings. The average Bonchev–Trinajstić information content (AvgIpc) is 2.83. The number of alkyl halides is 2.